The van der Waals surface area contributed by atoms with Crippen LogP contribution in [0, 0.1) is 5.92 Å². The first kappa shape index (κ1) is 15.2. The number of carbonyl (C=O) groups is 2. The van der Waals surface area contributed by atoms with E-state index in [1.165, 1.54) is 0 Å². The van der Waals surface area contributed by atoms with E-state index in [4.69, 9.17) is 5.11 Å². The summed E-state index contributed by atoms with van der Waals surface area (Å²) in [5, 5.41) is 14.2. The van der Waals surface area contributed by atoms with Crippen molar-refractivity contribution in [1.29, 1.82) is 0 Å². The largest absolute Gasteiger partial charge is 0.392 e. The van der Waals surface area contributed by atoms with Gasteiger partial charge in [-0.1, -0.05) is 26.0 Å². The Labute approximate surface area is 113 Å². The molecule has 1 rings (SSSR count). The number of anilines is 1. The number of hydrogen-bond acceptors (Lipinski definition) is 3. The Morgan fingerprint density at radius 3 is 2.42 bits per heavy atom. The summed E-state index contributed by atoms with van der Waals surface area (Å²) >= 11 is 0. The van der Waals surface area contributed by atoms with Crippen LogP contribution in [0.25, 0.3) is 0 Å². The fourth-order valence-electron chi connectivity index (χ4n) is 1.73. The van der Waals surface area contributed by atoms with Crippen molar-refractivity contribution >= 4 is 18.0 Å². The molecule has 0 aromatic heterocycles. The Kier molecular flexibility index (Phi) is 6.02. The van der Waals surface area contributed by atoms with Crippen LogP contribution in [0.3, 0.4) is 0 Å². The lowest BCUT2D eigenvalue weighted by Crippen LogP contribution is -2.40. The Morgan fingerprint density at radius 1 is 1.32 bits per heavy atom. The number of carbonyl (C=O) groups excluding carboxylic acids is 2. The maximum atomic E-state index is 12.0. The van der Waals surface area contributed by atoms with E-state index in [2.05, 4.69) is 10.6 Å². The molecule has 0 spiro atoms. The van der Waals surface area contributed by atoms with Crippen LogP contribution in [0.1, 0.15) is 25.8 Å². The molecule has 104 valence electrons. The molecule has 0 saturated carbocycles. The van der Waals surface area contributed by atoms with E-state index in [1.807, 2.05) is 13.8 Å². The van der Waals surface area contributed by atoms with E-state index in [0.29, 0.717) is 24.4 Å². The van der Waals surface area contributed by atoms with Gasteiger partial charge in [-0.25, -0.2) is 0 Å². The molecule has 0 fully saturated rings. The van der Waals surface area contributed by atoms with Crippen molar-refractivity contribution in [2.24, 2.45) is 5.92 Å². The second-order valence-corrected chi connectivity index (χ2v) is 4.81. The van der Waals surface area contributed by atoms with Crippen LogP contribution in [-0.4, -0.2) is 23.5 Å². The van der Waals surface area contributed by atoms with E-state index in [0.717, 1.165) is 5.56 Å². The van der Waals surface area contributed by atoms with Crippen molar-refractivity contribution in [3.05, 3.63) is 29.8 Å². The number of amides is 2. The zero-order valence-electron chi connectivity index (χ0n) is 11.2. The lowest BCUT2D eigenvalue weighted by molar-refractivity contribution is -0.121. The minimum Gasteiger partial charge on any atom is -0.392 e. The number of hydrogen-bond donors (Lipinski definition) is 3. The number of aliphatic hydroxyl groups is 1. The summed E-state index contributed by atoms with van der Waals surface area (Å²) in [7, 11) is 0. The van der Waals surface area contributed by atoms with Gasteiger partial charge < -0.3 is 15.7 Å². The third-order valence-electron chi connectivity index (χ3n) is 2.70. The van der Waals surface area contributed by atoms with E-state index in [1.54, 1.807) is 24.3 Å². The Morgan fingerprint density at radius 2 is 1.95 bits per heavy atom. The van der Waals surface area contributed by atoms with E-state index in [-0.39, 0.29) is 12.5 Å². The summed E-state index contributed by atoms with van der Waals surface area (Å²) in [6, 6.07) is 6.38. The fourth-order valence-corrected chi connectivity index (χ4v) is 1.73. The van der Waals surface area contributed by atoms with Crippen molar-refractivity contribution in [2.75, 3.05) is 5.32 Å². The van der Waals surface area contributed by atoms with Gasteiger partial charge in [0.05, 0.1) is 6.61 Å². The van der Waals surface area contributed by atoms with Crippen LogP contribution in [0.15, 0.2) is 24.3 Å². The molecule has 0 aliphatic rings. The summed E-state index contributed by atoms with van der Waals surface area (Å²) < 4.78 is 0. The molecular formula is C14H20N2O3. The molecule has 0 radical (unpaired) electrons. The Balaban J connectivity index is 2.66. The standard InChI is InChI=1S/C14H20N2O3/c1-10(2)7-13(15-9-18)14(19)16-12-5-3-11(8-17)4-6-12/h3-6,9-10,13,17H,7-8H2,1-2H3,(H,15,18)(H,16,19). The molecule has 1 unspecified atom stereocenters. The van der Waals surface area contributed by atoms with Crippen LogP contribution in [-0.2, 0) is 16.2 Å². The Bertz CT molecular complexity index is 415. The average molecular weight is 264 g/mol. The van der Waals surface area contributed by atoms with Gasteiger partial charge in [-0.2, -0.15) is 0 Å². The van der Waals surface area contributed by atoms with Crippen LogP contribution >= 0.6 is 0 Å². The van der Waals surface area contributed by atoms with Crippen LogP contribution in [0.2, 0.25) is 0 Å². The first-order valence-corrected chi connectivity index (χ1v) is 6.27. The van der Waals surface area contributed by atoms with Gasteiger partial charge in [0.1, 0.15) is 6.04 Å². The molecule has 0 aliphatic heterocycles. The minimum atomic E-state index is -0.532. The average Bonchev–Trinajstić information content (AvgIpc) is 2.38. The summed E-state index contributed by atoms with van der Waals surface area (Å²) in [5.41, 5.74) is 1.42. The molecule has 1 aromatic carbocycles. The van der Waals surface area contributed by atoms with Crippen LogP contribution < -0.4 is 10.6 Å². The topological polar surface area (TPSA) is 78.4 Å². The van der Waals surface area contributed by atoms with E-state index < -0.39 is 6.04 Å². The van der Waals surface area contributed by atoms with Crippen LogP contribution in [0.5, 0.6) is 0 Å². The third-order valence-corrected chi connectivity index (χ3v) is 2.70. The lowest BCUT2D eigenvalue weighted by atomic mass is 10.0. The summed E-state index contributed by atoms with van der Waals surface area (Å²) in [5.74, 6) is 0.0671. The normalized spacial score (nSPS) is 12.0. The first-order valence-electron chi connectivity index (χ1n) is 6.27. The van der Waals surface area contributed by atoms with Crippen molar-refractivity contribution in [3.8, 4) is 0 Å². The molecule has 19 heavy (non-hydrogen) atoms. The SMILES string of the molecule is CC(C)CC(NC=O)C(=O)Nc1ccc(CO)cc1. The van der Waals surface area contributed by atoms with E-state index in [9.17, 15) is 9.59 Å². The molecule has 3 N–H and O–H groups in total. The smallest absolute Gasteiger partial charge is 0.246 e. The molecular weight excluding hydrogens is 244 g/mol. The Hall–Kier alpha value is -1.88. The van der Waals surface area contributed by atoms with Gasteiger partial charge in [-0.05, 0) is 30.0 Å². The highest BCUT2D eigenvalue weighted by atomic mass is 16.3. The van der Waals surface area contributed by atoms with Crippen molar-refractivity contribution in [2.45, 2.75) is 32.9 Å². The highest BCUT2D eigenvalue weighted by molar-refractivity contribution is 5.95. The van der Waals surface area contributed by atoms with Gasteiger partial charge in [-0.3, -0.25) is 9.59 Å². The monoisotopic (exact) mass is 264 g/mol. The molecule has 5 nitrogen and oxygen atoms in total. The highest BCUT2D eigenvalue weighted by Crippen LogP contribution is 2.12. The molecule has 0 aliphatic carbocycles. The van der Waals surface area contributed by atoms with Gasteiger partial charge in [0, 0.05) is 5.69 Å². The second-order valence-electron chi connectivity index (χ2n) is 4.81. The molecule has 0 bridgehead atoms. The molecule has 5 heteroatoms. The number of rotatable bonds is 7. The number of benzene rings is 1. The summed E-state index contributed by atoms with van der Waals surface area (Å²) in [6.07, 6.45) is 1.13. The van der Waals surface area contributed by atoms with Crippen LogP contribution in [0.4, 0.5) is 5.69 Å². The zero-order chi connectivity index (χ0) is 14.3. The van der Waals surface area contributed by atoms with Crippen molar-refractivity contribution in [1.82, 2.24) is 5.32 Å². The first-order chi connectivity index (χ1) is 9.06. The minimum absolute atomic E-state index is 0.0309. The van der Waals surface area contributed by atoms with Gasteiger partial charge >= 0.3 is 0 Å². The molecule has 2 amide bonds. The van der Waals surface area contributed by atoms with E-state index >= 15 is 0 Å². The van der Waals surface area contributed by atoms with Crippen molar-refractivity contribution < 1.29 is 14.7 Å². The molecule has 0 saturated heterocycles. The quantitative estimate of drug-likeness (QED) is 0.649. The third kappa shape index (κ3) is 5.09. The zero-order valence-corrected chi connectivity index (χ0v) is 11.2. The predicted molar refractivity (Wildman–Crippen MR) is 73.4 cm³/mol. The van der Waals surface area contributed by atoms with Gasteiger partial charge in [0.2, 0.25) is 12.3 Å². The molecule has 0 heterocycles. The maximum absolute atomic E-state index is 12.0. The molecule has 1 atom stereocenters. The summed E-state index contributed by atoms with van der Waals surface area (Å²) in [4.78, 5) is 22.5. The fraction of sp³-hybridized carbons (Fsp3) is 0.429. The van der Waals surface area contributed by atoms with Gasteiger partial charge in [0.25, 0.3) is 0 Å². The highest BCUT2D eigenvalue weighted by Gasteiger charge is 2.18. The lowest BCUT2D eigenvalue weighted by Gasteiger charge is -2.17. The van der Waals surface area contributed by atoms with Gasteiger partial charge in [0.15, 0.2) is 0 Å². The van der Waals surface area contributed by atoms with Crippen molar-refractivity contribution in [3.63, 3.8) is 0 Å². The van der Waals surface area contributed by atoms with Gasteiger partial charge in [-0.15, -0.1) is 0 Å². The number of aliphatic hydroxyl groups excluding tert-OH is 1. The molecule has 1 aromatic rings. The summed E-state index contributed by atoms with van der Waals surface area (Å²) in [6.45, 7) is 3.95. The second kappa shape index (κ2) is 7.53. The number of nitrogens with one attached hydrogen (secondary N) is 2. The maximum Gasteiger partial charge on any atom is 0.246 e. The predicted octanol–water partition coefficient (Wildman–Crippen LogP) is 1.28.